The number of benzene rings is 2. The predicted molar refractivity (Wildman–Crippen MR) is 80.9 cm³/mol. The van der Waals surface area contributed by atoms with Crippen molar-refractivity contribution in [1.82, 2.24) is 0 Å². The van der Waals surface area contributed by atoms with Crippen LogP contribution in [0.5, 0.6) is 11.5 Å². The van der Waals surface area contributed by atoms with Crippen LogP contribution in [0.4, 0.5) is 4.39 Å². The molecule has 1 atom stereocenters. The monoisotopic (exact) mass is 387 g/mol. The molecular weight excluding hydrogens is 377 g/mol. The Bertz CT molecular complexity index is 602. The molecule has 100 valence electrons. The van der Waals surface area contributed by atoms with Crippen molar-refractivity contribution < 1.29 is 9.13 Å². The summed E-state index contributed by atoms with van der Waals surface area (Å²) in [5.41, 5.74) is 6.82. The lowest BCUT2D eigenvalue weighted by Crippen LogP contribution is -2.05. The van der Waals surface area contributed by atoms with E-state index in [4.69, 9.17) is 10.5 Å². The molecule has 2 N–H and O–H groups in total. The van der Waals surface area contributed by atoms with Crippen LogP contribution >= 0.6 is 31.9 Å². The zero-order valence-corrected chi connectivity index (χ0v) is 13.3. The van der Waals surface area contributed by atoms with Crippen LogP contribution in [-0.4, -0.2) is 0 Å². The van der Waals surface area contributed by atoms with E-state index in [1.165, 1.54) is 6.07 Å². The second-order valence-electron chi connectivity index (χ2n) is 4.15. The van der Waals surface area contributed by atoms with Gasteiger partial charge >= 0.3 is 0 Å². The van der Waals surface area contributed by atoms with E-state index in [-0.39, 0.29) is 11.9 Å². The fourth-order valence-electron chi connectivity index (χ4n) is 1.62. The minimum atomic E-state index is -0.358. The molecule has 2 aromatic rings. The van der Waals surface area contributed by atoms with Crippen molar-refractivity contribution >= 4 is 31.9 Å². The Labute approximate surface area is 128 Å². The molecule has 0 saturated carbocycles. The molecule has 0 aromatic heterocycles. The molecule has 0 saturated heterocycles. The molecule has 0 amide bonds. The molecule has 19 heavy (non-hydrogen) atoms. The van der Waals surface area contributed by atoms with E-state index in [1.807, 2.05) is 25.1 Å². The Morgan fingerprint density at radius 2 is 1.68 bits per heavy atom. The van der Waals surface area contributed by atoms with Crippen molar-refractivity contribution in [1.29, 1.82) is 0 Å². The Hall–Kier alpha value is -0.910. The number of halogens is 3. The third kappa shape index (κ3) is 3.55. The number of ether oxygens (including phenoxy) is 1. The molecule has 0 unspecified atom stereocenters. The summed E-state index contributed by atoms with van der Waals surface area (Å²) >= 11 is 6.55. The first-order chi connectivity index (χ1) is 8.97. The normalized spacial score (nSPS) is 12.3. The van der Waals surface area contributed by atoms with Crippen LogP contribution in [0.1, 0.15) is 18.5 Å². The SMILES string of the molecule is C[C@H](N)c1ccc(Oc2ccc(Br)c(F)c2)cc1Br. The summed E-state index contributed by atoms with van der Waals surface area (Å²) in [6.07, 6.45) is 0. The van der Waals surface area contributed by atoms with Crippen LogP contribution in [0.2, 0.25) is 0 Å². The van der Waals surface area contributed by atoms with E-state index in [0.29, 0.717) is 16.0 Å². The maximum atomic E-state index is 13.4. The number of hydrogen-bond acceptors (Lipinski definition) is 2. The summed E-state index contributed by atoms with van der Waals surface area (Å²) in [5, 5.41) is 0. The van der Waals surface area contributed by atoms with E-state index in [9.17, 15) is 4.39 Å². The predicted octanol–water partition coefficient (Wildman–Crippen LogP) is 5.16. The van der Waals surface area contributed by atoms with Gasteiger partial charge in [-0.15, -0.1) is 0 Å². The lowest BCUT2D eigenvalue weighted by Gasteiger charge is -2.11. The minimum absolute atomic E-state index is 0.0615. The smallest absolute Gasteiger partial charge is 0.141 e. The van der Waals surface area contributed by atoms with Gasteiger partial charge in [0.05, 0.1) is 4.47 Å². The molecule has 0 bridgehead atoms. The van der Waals surface area contributed by atoms with Crippen molar-refractivity contribution in [3.63, 3.8) is 0 Å². The molecule has 0 fully saturated rings. The van der Waals surface area contributed by atoms with Crippen molar-refractivity contribution in [3.05, 3.63) is 56.7 Å². The van der Waals surface area contributed by atoms with Gasteiger partial charge in [-0.1, -0.05) is 22.0 Å². The van der Waals surface area contributed by atoms with E-state index < -0.39 is 0 Å². The molecule has 2 rings (SSSR count). The first kappa shape index (κ1) is 14.5. The second-order valence-corrected chi connectivity index (χ2v) is 5.86. The summed E-state index contributed by atoms with van der Waals surface area (Å²) < 4.78 is 20.3. The van der Waals surface area contributed by atoms with Gasteiger partial charge in [-0.05, 0) is 52.7 Å². The van der Waals surface area contributed by atoms with Crippen LogP contribution < -0.4 is 10.5 Å². The van der Waals surface area contributed by atoms with Gasteiger partial charge in [-0.3, -0.25) is 0 Å². The van der Waals surface area contributed by atoms with Crippen LogP contribution in [0.15, 0.2) is 45.3 Å². The third-order valence-electron chi connectivity index (χ3n) is 2.59. The van der Waals surface area contributed by atoms with Gasteiger partial charge in [0.25, 0.3) is 0 Å². The molecule has 0 aliphatic carbocycles. The average Bonchev–Trinajstić information content (AvgIpc) is 2.33. The quantitative estimate of drug-likeness (QED) is 0.787. The van der Waals surface area contributed by atoms with Crippen molar-refractivity contribution in [2.75, 3.05) is 0 Å². The highest BCUT2D eigenvalue weighted by Gasteiger charge is 2.08. The topological polar surface area (TPSA) is 35.2 Å². The van der Waals surface area contributed by atoms with Crippen molar-refractivity contribution in [3.8, 4) is 11.5 Å². The molecule has 5 heteroatoms. The van der Waals surface area contributed by atoms with E-state index in [0.717, 1.165) is 10.0 Å². The lowest BCUT2D eigenvalue weighted by atomic mass is 10.1. The number of rotatable bonds is 3. The third-order valence-corrected chi connectivity index (χ3v) is 3.92. The molecule has 0 spiro atoms. The largest absolute Gasteiger partial charge is 0.457 e. The summed E-state index contributed by atoms with van der Waals surface area (Å²) in [6.45, 7) is 1.91. The van der Waals surface area contributed by atoms with Gasteiger partial charge in [-0.25, -0.2) is 4.39 Å². The zero-order valence-electron chi connectivity index (χ0n) is 10.2. The van der Waals surface area contributed by atoms with Crippen molar-refractivity contribution in [2.24, 2.45) is 5.73 Å². The van der Waals surface area contributed by atoms with Gasteiger partial charge in [0, 0.05) is 16.6 Å². The Balaban J connectivity index is 2.24. The maximum Gasteiger partial charge on any atom is 0.141 e. The minimum Gasteiger partial charge on any atom is -0.457 e. The highest BCUT2D eigenvalue weighted by Crippen LogP contribution is 2.30. The Morgan fingerprint density at radius 3 is 2.26 bits per heavy atom. The van der Waals surface area contributed by atoms with E-state index in [2.05, 4.69) is 31.9 Å². The summed E-state index contributed by atoms with van der Waals surface area (Å²) in [7, 11) is 0. The number of nitrogens with two attached hydrogens (primary N) is 1. The lowest BCUT2D eigenvalue weighted by molar-refractivity contribution is 0.475. The fourth-order valence-corrected chi connectivity index (χ4v) is 2.58. The molecule has 0 heterocycles. The van der Waals surface area contributed by atoms with Gasteiger partial charge in [0.1, 0.15) is 17.3 Å². The summed E-state index contributed by atoms with van der Waals surface area (Å²) in [4.78, 5) is 0. The van der Waals surface area contributed by atoms with Crippen LogP contribution in [0, 0.1) is 5.82 Å². The first-order valence-corrected chi connectivity index (χ1v) is 7.24. The molecule has 0 aliphatic rings. The van der Waals surface area contributed by atoms with Gasteiger partial charge in [-0.2, -0.15) is 0 Å². The van der Waals surface area contributed by atoms with Crippen LogP contribution in [-0.2, 0) is 0 Å². The Morgan fingerprint density at radius 1 is 1.05 bits per heavy atom. The molecule has 2 nitrogen and oxygen atoms in total. The molecular formula is C14H12Br2FNO. The fraction of sp³-hybridized carbons (Fsp3) is 0.143. The summed E-state index contributed by atoms with van der Waals surface area (Å²) in [5.74, 6) is 0.711. The molecule has 0 radical (unpaired) electrons. The highest BCUT2D eigenvalue weighted by molar-refractivity contribution is 9.10. The van der Waals surface area contributed by atoms with Crippen LogP contribution in [0.3, 0.4) is 0 Å². The van der Waals surface area contributed by atoms with Gasteiger partial charge < -0.3 is 10.5 Å². The highest BCUT2D eigenvalue weighted by atomic mass is 79.9. The second kappa shape index (κ2) is 6.03. The number of hydrogen-bond donors (Lipinski definition) is 1. The average molecular weight is 389 g/mol. The van der Waals surface area contributed by atoms with E-state index in [1.54, 1.807) is 12.1 Å². The Kier molecular flexibility index (Phi) is 4.60. The first-order valence-electron chi connectivity index (χ1n) is 5.65. The van der Waals surface area contributed by atoms with E-state index >= 15 is 0 Å². The molecule has 2 aromatic carbocycles. The zero-order chi connectivity index (χ0) is 14.0. The summed E-state index contributed by atoms with van der Waals surface area (Å²) in [6, 6.07) is 10.1. The van der Waals surface area contributed by atoms with Gasteiger partial charge in [0.2, 0.25) is 0 Å². The van der Waals surface area contributed by atoms with Gasteiger partial charge in [0.15, 0.2) is 0 Å². The molecule has 0 aliphatic heterocycles. The maximum absolute atomic E-state index is 13.4. The van der Waals surface area contributed by atoms with Crippen molar-refractivity contribution in [2.45, 2.75) is 13.0 Å². The van der Waals surface area contributed by atoms with Crippen LogP contribution in [0.25, 0.3) is 0 Å². The standard InChI is InChI=1S/C14H12Br2FNO/c1-8(18)11-4-2-9(6-13(11)16)19-10-3-5-12(15)14(17)7-10/h2-8H,18H2,1H3/t8-/m0/s1.